The van der Waals surface area contributed by atoms with Gasteiger partial charge in [-0.25, -0.2) is 4.68 Å². The number of hydrogen-bond donors (Lipinski definition) is 2. The summed E-state index contributed by atoms with van der Waals surface area (Å²) in [6, 6.07) is 18.7. The first kappa shape index (κ1) is 20.1. The molecule has 2 N–H and O–H groups in total. The number of carbonyl (C=O) groups is 1. The van der Waals surface area contributed by atoms with Crippen molar-refractivity contribution in [2.24, 2.45) is 0 Å². The van der Waals surface area contributed by atoms with Crippen molar-refractivity contribution in [2.75, 3.05) is 17.7 Å². The van der Waals surface area contributed by atoms with Crippen LogP contribution in [-0.4, -0.2) is 27.8 Å². The molecule has 2 aromatic carbocycles. The topological polar surface area (TPSA) is 94.2 Å². The lowest BCUT2D eigenvalue weighted by molar-refractivity contribution is 0.0995. The standard InChI is InChI=1S/C23H20ClN5O3/c1-31-17-10-6-15(7-11-17)19-13-18(14-4-8-16(24)9-5-14)25-23-27-22(28-29(19)23)26-21(30)20-3-2-12-32-20/h2-12,18-19H,13H2,1H3,(H2,25,26,27,28,30)/t18-,19-/m1/s1. The van der Waals surface area contributed by atoms with E-state index < -0.39 is 5.91 Å². The van der Waals surface area contributed by atoms with Crippen molar-refractivity contribution in [1.82, 2.24) is 14.8 Å². The van der Waals surface area contributed by atoms with Gasteiger partial charge >= 0.3 is 0 Å². The predicted molar refractivity (Wildman–Crippen MR) is 120 cm³/mol. The molecule has 0 bridgehead atoms. The summed E-state index contributed by atoms with van der Waals surface area (Å²) in [6.45, 7) is 0. The Hall–Kier alpha value is -3.78. The first-order valence-electron chi connectivity index (χ1n) is 10.1. The molecule has 2 atom stereocenters. The van der Waals surface area contributed by atoms with Gasteiger partial charge in [-0.3, -0.25) is 10.1 Å². The van der Waals surface area contributed by atoms with Gasteiger partial charge in [0.25, 0.3) is 11.9 Å². The molecule has 1 aliphatic rings. The lowest BCUT2D eigenvalue weighted by atomic mass is 9.93. The van der Waals surface area contributed by atoms with Crippen LogP contribution in [0.5, 0.6) is 5.75 Å². The van der Waals surface area contributed by atoms with Crippen molar-refractivity contribution in [3.8, 4) is 5.75 Å². The number of furan rings is 1. The second-order valence-electron chi connectivity index (χ2n) is 7.41. The lowest BCUT2D eigenvalue weighted by Gasteiger charge is -2.31. The van der Waals surface area contributed by atoms with Crippen molar-refractivity contribution in [2.45, 2.75) is 18.5 Å². The second-order valence-corrected chi connectivity index (χ2v) is 7.84. The minimum Gasteiger partial charge on any atom is -0.497 e. The molecular formula is C23H20ClN5O3. The molecule has 0 saturated heterocycles. The molecule has 4 aromatic rings. The van der Waals surface area contributed by atoms with E-state index in [4.69, 9.17) is 20.8 Å². The molecule has 9 heteroatoms. The van der Waals surface area contributed by atoms with Crippen LogP contribution in [0.1, 0.15) is 40.2 Å². The zero-order chi connectivity index (χ0) is 22.1. The quantitative estimate of drug-likeness (QED) is 0.448. The van der Waals surface area contributed by atoms with Gasteiger partial charge in [-0.1, -0.05) is 35.9 Å². The van der Waals surface area contributed by atoms with E-state index in [9.17, 15) is 4.79 Å². The minimum atomic E-state index is -0.409. The highest BCUT2D eigenvalue weighted by molar-refractivity contribution is 6.30. The number of nitrogens with one attached hydrogen (secondary N) is 2. The fraction of sp³-hybridized carbons (Fsp3) is 0.174. The Labute approximate surface area is 189 Å². The van der Waals surface area contributed by atoms with Crippen LogP contribution in [0, 0.1) is 0 Å². The number of halogens is 1. The number of methoxy groups -OCH3 is 1. The van der Waals surface area contributed by atoms with Crippen LogP contribution in [0.25, 0.3) is 0 Å². The smallest absolute Gasteiger partial charge is 0.293 e. The normalized spacial score (nSPS) is 17.3. The maximum absolute atomic E-state index is 12.4. The molecule has 0 saturated carbocycles. The molecule has 2 aromatic heterocycles. The van der Waals surface area contributed by atoms with Crippen LogP contribution >= 0.6 is 11.6 Å². The van der Waals surface area contributed by atoms with Gasteiger partial charge in [0.2, 0.25) is 5.95 Å². The highest BCUT2D eigenvalue weighted by atomic mass is 35.5. The molecule has 1 amide bonds. The van der Waals surface area contributed by atoms with Crippen LogP contribution in [0.3, 0.4) is 0 Å². The van der Waals surface area contributed by atoms with E-state index in [1.54, 1.807) is 23.9 Å². The van der Waals surface area contributed by atoms with Crippen molar-refractivity contribution in [3.63, 3.8) is 0 Å². The maximum Gasteiger partial charge on any atom is 0.293 e. The molecule has 0 aliphatic carbocycles. The Kier molecular flexibility index (Phi) is 5.28. The predicted octanol–water partition coefficient (Wildman–Crippen LogP) is 4.93. The third-order valence-electron chi connectivity index (χ3n) is 5.43. The summed E-state index contributed by atoms with van der Waals surface area (Å²) >= 11 is 6.07. The number of ether oxygens (including phenoxy) is 1. The van der Waals surface area contributed by atoms with Gasteiger partial charge in [0.1, 0.15) is 5.75 Å². The van der Waals surface area contributed by atoms with E-state index in [2.05, 4.69) is 20.7 Å². The molecule has 1 aliphatic heterocycles. The number of anilines is 2. The molecule has 5 rings (SSSR count). The van der Waals surface area contributed by atoms with Crippen molar-refractivity contribution >= 4 is 29.4 Å². The SMILES string of the molecule is COc1ccc([C@H]2C[C@H](c3ccc(Cl)cc3)Nc3nc(NC(=O)c4ccco4)nn32)cc1. The molecule has 0 unspecified atom stereocenters. The molecule has 8 nitrogen and oxygen atoms in total. The van der Waals surface area contributed by atoms with Gasteiger partial charge in [0.15, 0.2) is 5.76 Å². The third kappa shape index (κ3) is 3.92. The van der Waals surface area contributed by atoms with E-state index in [0.717, 1.165) is 23.3 Å². The number of rotatable bonds is 5. The first-order chi connectivity index (χ1) is 15.6. The van der Waals surface area contributed by atoms with Crippen LogP contribution in [-0.2, 0) is 0 Å². The summed E-state index contributed by atoms with van der Waals surface area (Å²) < 4.78 is 12.2. The molecular weight excluding hydrogens is 430 g/mol. The van der Waals surface area contributed by atoms with Gasteiger partial charge in [-0.05, 0) is 53.9 Å². The number of fused-ring (bicyclic) bond motifs is 1. The summed E-state index contributed by atoms with van der Waals surface area (Å²) in [5.41, 5.74) is 2.14. The lowest BCUT2D eigenvalue weighted by Crippen LogP contribution is -2.28. The summed E-state index contributed by atoms with van der Waals surface area (Å²) in [7, 11) is 1.64. The molecule has 0 radical (unpaired) electrons. The molecule has 0 fully saturated rings. The van der Waals surface area contributed by atoms with E-state index in [1.165, 1.54) is 6.26 Å². The van der Waals surface area contributed by atoms with E-state index in [1.807, 2.05) is 48.5 Å². The molecule has 162 valence electrons. The summed E-state index contributed by atoms with van der Waals surface area (Å²) in [5.74, 6) is 1.32. The molecule has 32 heavy (non-hydrogen) atoms. The Morgan fingerprint density at radius 2 is 1.91 bits per heavy atom. The van der Waals surface area contributed by atoms with E-state index >= 15 is 0 Å². The third-order valence-corrected chi connectivity index (χ3v) is 5.68. The van der Waals surface area contributed by atoms with E-state index in [-0.39, 0.29) is 23.8 Å². The van der Waals surface area contributed by atoms with Gasteiger partial charge in [-0.15, -0.1) is 5.10 Å². The number of benzene rings is 2. The Bertz CT molecular complexity index is 1220. The fourth-order valence-corrected chi connectivity index (χ4v) is 3.94. The summed E-state index contributed by atoms with van der Waals surface area (Å²) in [5, 5.41) is 11.4. The Balaban J connectivity index is 1.49. The van der Waals surface area contributed by atoms with Gasteiger partial charge < -0.3 is 14.5 Å². The molecule has 0 spiro atoms. The van der Waals surface area contributed by atoms with Crippen LogP contribution in [0.2, 0.25) is 5.02 Å². The number of carbonyl (C=O) groups excluding carboxylic acids is 1. The zero-order valence-corrected chi connectivity index (χ0v) is 17.9. The van der Waals surface area contributed by atoms with Crippen molar-refractivity contribution in [3.05, 3.63) is 88.8 Å². The minimum absolute atomic E-state index is 0.00954. The second kappa shape index (κ2) is 8.39. The highest BCUT2D eigenvalue weighted by Gasteiger charge is 2.31. The van der Waals surface area contributed by atoms with Crippen LogP contribution in [0.15, 0.2) is 71.3 Å². The summed E-state index contributed by atoms with van der Waals surface area (Å²) in [4.78, 5) is 16.9. The number of amides is 1. The largest absolute Gasteiger partial charge is 0.497 e. The number of nitrogens with zero attached hydrogens (tertiary/aromatic N) is 3. The summed E-state index contributed by atoms with van der Waals surface area (Å²) in [6.07, 6.45) is 2.18. The van der Waals surface area contributed by atoms with E-state index in [0.29, 0.717) is 11.0 Å². The number of aromatic nitrogens is 3. The van der Waals surface area contributed by atoms with Crippen molar-refractivity contribution < 1.29 is 13.9 Å². The van der Waals surface area contributed by atoms with Crippen LogP contribution in [0.4, 0.5) is 11.9 Å². The monoisotopic (exact) mass is 449 g/mol. The zero-order valence-electron chi connectivity index (χ0n) is 17.2. The molecule has 3 heterocycles. The highest BCUT2D eigenvalue weighted by Crippen LogP contribution is 2.38. The maximum atomic E-state index is 12.4. The van der Waals surface area contributed by atoms with Gasteiger partial charge in [0.05, 0.1) is 25.5 Å². The first-order valence-corrected chi connectivity index (χ1v) is 10.5. The van der Waals surface area contributed by atoms with Gasteiger partial charge in [-0.2, -0.15) is 4.98 Å². The average molecular weight is 450 g/mol. The van der Waals surface area contributed by atoms with Crippen LogP contribution < -0.4 is 15.4 Å². The van der Waals surface area contributed by atoms with Gasteiger partial charge in [0, 0.05) is 5.02 Å². The number of hydrogen-bond acceptors (Lipinski definition) is 6. The Morgan fingerprint density at radius 3 is 2.59 bits per heavy atom. The Morgan fingerprint density at radius 1 is 1.16 bits per heavy atom. The van der Waals surface area contributed by atoms with Crippen molar-refractivity contribution in [1.29, 1.82) is 0 Å². The average Bonchev–Trinajstić information content (AvgIpc) is 3.49. The fourth-order valence-electron chi connectivity index (χ4n) is 3.82.